The quantitative estimate of drug-likeness (QED) is 0.910. The predicted octanol–water partition coefficient (Wildman–Crippen LogP) is 2.79. The van der Waals surface area contributed by atoms with Crippen molar-refractivity contribution in [2.75, 3.05) is 5.32 Å². The van der Waals surface area contributed by atoms with Crippen LogP contribution in [0.5, 0.6) is 0 Å². The van der Waals surface area contributed by atoms with Crippen LogP contribution in [0.25, 0.3) is 0 Å². The van der Waals surface area contributed by atoms with Gasteiger partial charge in [0, 0.05) is 6.20 Å². The lowest BCUT2D eigenvalue weighted by Crippen LogP contribution is -2.17. The molecule has 0 saturated heterocycles. The Bertz CT molecular complexity index is 729. The Hall–Kier alpha value is -2.76. The molecule has 21 heavy (non-hydrogen) atoms. The SMILES string of the molecule is Cc1cc(C)c(NC(=O)c2ccncc2F)c(C(=O)O)c1. The van der Waals surface area contributed by atoms with Crippen molar-refractivity contribution in [3.63, 3.8) is 0 Å². The maximum Gasteiger partial charge on any atom is 0.337 e. The van der Waals surface area contributed by atoms with E-state index >= 15 is 0 Å². The number of pyridine rings is 1. The highest BCUT2D eigenvalue weighted by molar-refractivity contribution is 6.08. The number of hydrogen-bond acceptors (Lipinski definition) is 3. The number of carbonyl (C=O) groups is 2. The first-order valence-corrected chi connectivity index (χ1v) is 6.15. The van der Waals surface area contributed by atoms with E-state index in [4.69, 9.17) is 0 Å². The number of hydrogen-bond donors (Lipinski definition) is 2. The zero-order valence-electron chi connectivity index (χ0n) is 11.5. The second-order valence-corrected chi connectivity index (χ2v) is 4.62. The number of benzene rings is 1. The number of aryl methyl sites for hydroxylation is 2. The van der Waals surface area contributed by atoms with Gasteiger partial charge >= 0.3 is 5.97 Å². The Labute approximate surface area is 120 Å². The van der Waals surface area contributed by atoms with Crippen LogP contribution in [0.15, 0.2) is 30.6 Å². The van der Waals surface area contributed by atoms with Crippen LogP contribution in [-0.2, 0) is 0 Å². The van der Waals surface area contributed by atoms with Gasteiger partial charge in [-0.05, 0) is 37.1 Å². The standard InChI is InChI=1S/C15H13FN2O3/c1-8-5-9(2)13(11(6-8)15(20)21)18-14(19)10-3-4-17-7-12(10)16/h3-7H,1-2H3,(H,18,19)(H,20,21). The van der Waals surface area contributed by atoms with Crippen molar-refractivity contribution in [3.05, 3.63) is 58.7 Å². The molecule has 0 saturated carbocycles. The minimum absolute atomic E-state index is 0.0321. The van der Waals surface area contributed by atoms with E-state index in [1.165, 1.54) is 18.3 Å². The second kappa shape index (κ2) is 5.70. The van der Waals surface area contributed by atoms with Gasteiger partial charge in [0.1, 0.15) is 0 Å². The summed E-state index contributed by atoms with van der Waals surface area (Å²) in [5.41, 5.74) is 1.29. The third kappa shape index (κ3) is 3.05. The largest absolute Gasteiger partial charge is 0.478 e. The van der Waals surface area contributed by atoms with Gasteiger partial charge in [0.25, 0.3) is 5.91 Å². The highest BCUT2D eigenvalue weighted by atomic mass is 19.1. The van der Waals surface area contributed by atoms with Gasteiger partial charge in [0.2, 0.25) is 0 Å². The topological polar surface area (TPSA) is 79.3 Å². The number of anilines is 1. The van der Waals surface area contributed by atoms with Crippen LogP contribution in [0.3, 0.4) is 0 Å². The average molecular weight is 288 g/mol. The zero-order valence-corrected chi connectivity index (χ0v) is 11.5. The molecule has 0 aliphatic carbocycles. The minimum atomic E-state index is -1.16. The maximum atomic E-state index is 13.5. The normalized spacial score (nSPS) is 10.2. The van der Waals surface area contributed by atoms with Crippen molar-refractivity contribution in [2.45, 2.75) is 13.8 Å². The first-order valence-electron chi connectivity index (χ1n) is 6.15. The average Bonchev–Trinajstić information content (AvgIpc) is 2.41. The maximum absolute atomic E-state index is 13.5. The van der Waals surface area contributed by atoms with Gasteiger partial charge in [-0.25, -0.2) is 9.18 Å². The van der Waals surface area contributed by atoms with Gasteiger partial charge in [-0.15, -0.1) is 0 Å². The molecule has 6 heteroatoms. The van der Waals surface area contributed by atoms with E-state index < -0.39 is 17.7 Å². The Morgan fingerprint density at radius 2 is 1.95 bits per heavy atom. The summed E-state index contributed by atoms with van der Waals surface area (Å²) >= 11 is 0. The van der Waals surface area contributed by atoms with Crippen LogP contribution in [0, 0.1) is 19.7 Å². The van der Waals surface area contributed by atoms with Crippen LogP contribution >= 0.6 is 0 Å². The van der Waals surface area contributed by atoms with Gasteiger partial charge in [-0.2, -0.15) is 0 Å². The Balaban J connectivity index is 2.42. The van der Waals surface area contributed by atoms with Crippen molar-refractivity contribution in [1.82, 2.24) is 4.98 Å². The van der Waals surface area contributed by atoms with Crippen LogP contribution in [0.1, 0.15) is 31.8 Å². The number of halogens is 1. The number of aromatic carboxylic acids is 1. The van der Waals surface area contributed by atoms with E-state index in [-0.39, 0.29) is 16.8 Å². The van der Waals surface area contributed by atoms with Gasteiger partial charge in [0.15, 0.2) is 5.82 Å². The summed E-state index contributed by atoms with van der Waals surface area (Å²) in [5.74, 6) is -2.65. The molecule has 5 nitrogen and oxygen atoms in total. The Morgan fingerprint density at radius 1 is 1.24 bits per heavy atom. The lowest BCUT2D eigenvalue weighted by molar-refractivity contribution is 0.0698. The van der Waals surface area contributed by atoms with Crippen LogP contribution in [0.4, 0.5) is 10.1 Å². The summed E-state index contributed by atoms with van der Waals surface area (Å²) in [4.78, 5) is 26.9. The molecule has 108 valence electrons. The summed E-state index contributed by atoms with van der Waals surface area (Å²) in [5, 5.41) is 11.7. The summed E-state index contributed by atoms with van der Waals surface area (Å²) < 4.78 is 13.5. The molecule has 0 atom stereocenters. The first-order chi connectivity index (χ1) is 9.90. The molecule has 0 bridgehead atoms. The molecule has 0 unspecified atom stereocenters. The molecular formula is C15H13FN2O3. The van der Waals surface area contributed by atoms with Crippen molar-refractivity contribution in [2.24, 2.45) is 0 Å². The van der Waals surface area contributed by atoms with Crippen LogP contribution in [-0.4, -0.2) is 22.0 Å². The molecule has 1 aromatic carbocycles. The molecule has 1 aromatic heterocycles. The summed E-state index contributed by atoms with van der Waals surface area (Å²) in [6.07, 6.45) is 2.22. The molecule has 1 heterocycles. The number of nitrogens with zero attached hydrogens (tertiary/aromatic N) is 1. The lowest BCUT2D eigenvalue weighted by Gasteiger charge is -2.13. The van der Waals surface area contributed by atoms with E-state index in [9.17, 15) is 19.1 Å². The van der Waals surface area contributed by atoms with Gasteiger partial charge in [-0.1, -0.05) is 6.07 Å². The number of aromatic nitrogens is 1. The van der Waals surface area contributed by atoms with Crippen molar-refractivity contribution >= 4 is 17.6 Å². The number of carboxylic acid groups (broad SMARTS) is 1. The summed E-state index contributed by atoms with van der Waals surface area (Å²) in [6.45, 7) is 3.44. The third-order valence-electron chi connectivity index (χ3n) is 2.97. The monoisotopic (exact) mass is 288 g/mol. The number of amides is 1. The highest BCUT2D eigenvalue weighted by Gasteiger charge is 2.18. The molecule has 0 spiro atoms. The first kappa shape index (κ1) is 14.6. The van der Waals surface area contributed by atoms with Crippen LogP contribution in [0.2, 0.25) is 0 Å². The summed E-state index contributed by atoms with van der Waals surface area (Å²) in [6, 6.07) is 4.42. The van der Waals surface area contributed by atoms with Crippen molar-refractivity contribution < 1.29 is 19.1 Å². The van der Waals surface area contributed by atoms with E-state index in [2.05, 4.69) is 10.3 Å². The number of carboxylic acids is 1. The minimum Gasteiger partial charge on any atom is -0.478 e. The fraction of sp³-hybridized carbons (Fsp3) is 0.133. The number of carbonyl (C=O) groups excluding carboxylic acids is 1. The third-order valence-corrected chi connectivity index (χ3v) is 2.97. The van der Waals surface area contributed by atoms with E-state index in [0.717, 1.165) is 11.8 Å². The number of rotatable bonds is 3. The van der Waals surface area contributed by atoms with Crippen LogP contribution < -0.4 is 5.32 Å². The molecule has 1 amide bonds. The molecule has 2 rings (SSSR count). The fourth-order valence-corrected chi connectivity index (χ4v) is 2.04. The molecular weight excluding hydrogens is 275 g/mol. The zero-order chi connectivity index (χ0) is 15.6. The molecule has 2 aromatic rings. The van der Waals surface area contributed by atoms with E-state index in [1.807, 2.05) is 0 Å². The van der Waals surface area contributed by atoms with Gasteiger partial charge in [-0.3, -0.25) is 9.78 Å². The lowest BCUT2D eigenvalue weighted by atomic mass is 10.0. The van der Waals surface area contributed by atoms with Crippen molar-refractivity contribution in [3.8, 4) is 0 Å². The number of nitrogens with one attached hydrogen (secondary N) is 1. The molecule has 0 aliphatic rings. The molecule has 0 aliphatic heterocycles. The Morgan fingerprint density at radius 3 is 2.57 bits per heavy atom. The van der Waals surface area contributed by atoms with Crippen molar-refractivity contribution in [1.29, 1.82) is 0 Å². The van der Waals surface area contributed by atoms with Gasteiger partial charge < -0.3 is 10.4 Å². The van der Waals surface area contributed by atoms with E-state index in [1.54, 1.807) is 19.9 Å². The fourth-order valence-electron chi connectivity index (χ4n) is 2.04. The molecule has 0 fully saturated rings. The highest BCUT2D eigenvalue weighted by Crippen LogP contribution is 2.24. The molecule has 0 radical (unpaired) electrons. The predicted molar refractivity (Wildman–Crippen MR) is 75.0 cm³/mol. The second-order valence-electron chi connectivity index (χ2n) is 4.62. The van der Waals surface area contributed by atoms with E-state index in [0.29, 0.717) is 5.56 Å². The summed E-state index contributed by atoms with van der Waals surface area (Å²) in [7, 11) is 0. The smallest absolute Gasteiger partial charge is 0.337 e. The Kier molecular flexibility index (Phi) is 3.98. The molecule has 2 N–H and O–H groups in total. The van der Waals surface area contributed by atoms with Gasteiger partial charge in [0.05, 0.1) is 23.0 Å².